The Morgan fingerprint density at radius 1 is 0.969 bits per heavy atom. The second kappa shape index (κ2) is 24.5. The third kappa shape index (κ3) is 18.6. The quantitative estimate of drug-likeness (QED) is 0.0326. The molecule has 1 aliphatic heterocycles. The lowest BCUT2D eigenvalue weighted by Gasteiger charge is -2.30. The number of hydrogen-bond acceptors (Lipinski definition) is 22. The first kappa shape index (κ1) is 54.1. The van der Waals surface area contributed by atoms with Crippen LogP contribution in [-0.2, 0) is 69.8 Å². The molecule has 368 valence electrons. The maximum atomic E-state index is 12.7. The zero-order valence-corrected chi connectivity index (χ0v) is 39.1. The Bertz CT molecular complexity index is 2170. The lowest BCUT2D eigenvalue weighted by atomic mass is 9.87. The number of anilines is 1. The molecule has 0 bridgehead atoms. The summed E-state index contributed by atoms with van der Waals surface area (Å²) in [5.74, 6) is -2.75. The van der Waals surface area contributed by atoms with Crippen molar-refractivity contribution < 1.29 is 101 Å². The molecule has 3 rings (SSSR count). The molecule has 0 aromatic carbocycles. The molecule has 3 heterocycles. The number of carbonyl (C=O) groups excluding carboxylic acids is 5. The van der Waals surface area contributed by atoms with Crippen molar-refractivity contribution in [1.82, 2.24) is 30.2 Å². The van der Waals surface area contributed by atoms with Gasteiger partial charge >= 0.3 is 35.4 Å². The number of rotatable bonds is 27. The van der Waals surface area contributed by atoms with Crippen LogP contribution in [0.3, 0.4) is 0 Å². The van der Waals surface area contributed by atoms with Gasteiger partial charge in [0.05, 0.1) is 32.4 Å². The number of aromatic nitrogens is 4. The van der Waals surface area contributed by atoms with Crippen LogP contribution in [0.5, 0.6) is 0 Å². The summed E-state index contributed by atoms with van der Waals surface area (Å²) in [4.78, 5) is 112. The fourth-order valence-corrected chi connectivity index (χ4v) is 9.23. The third-order valence-electron chi connectivity index (χ3n) is 8.71. The molecule has 2 aromatic heterocycles. The van der Waals surface area contributed by atoms with Gasteiger partial charge in [-0.3, -0.25) is 42.1 Å². The van der Waals surface area contributed by atoms with Gasteiger partial charge < -0.3 is 60.4 Å². The van der Waals surface area contributed by atoms with Crippen LogP contribution >= 0.6 is 35.2 Å². The molecule has 0 radical (unpaired) electrons. The van der Waals surface area contributed by atoms with Gasteiger partial charge in [0.15, 0.2) is 22.8 Å². The van der Waals surface area contributed by atoms with Crippen LogP contribution in [0.15, 0.2) is 12.7 Å². The molecule has 1 fully saturated rings. The number of fused-ring (bicyclic) bond motifs is 1. The van der Waals surface area contributed by atoms with E-state index in [2.05, 4.69) is 34.4 Å². The Hall–Kier alpha value is -3.50. The van der Waals surface area contributed by atoms with Gasteiger partial charge in [-0.05, 0) is 20.2 Å². The van der Waals surface area contributed by atoms with E-state index in [0.29, 0.717) is 0 Å². The first-order chi connectivity index (χ1) is 30.5. The van der Waals surface area contributed by atoms with Gasteiger partial charge in [0.25, 0.3) is 0 Å². The standard InChI is InChI=1S/C33H54N7O21P3S/c1-6-7-22(42)57-18(2)12-23(43)58-19(3)13-24(44)65-11-10-35-21(41)8-9-36-31(47)28(46)33(4,5)15-56-64(53,54)61-63(51,52)55-14-20-27(60-62(48,49)50)26(45)32(59-20)40-17-39-25-29(34)37-16-38-30(25)40/h16-20,26-28,32,45-46H,6-15H2,1-5H3,(H,35,41)(H,36,47)(H,51,52)(H,53,54)(H2,34,37,38)(H2,48,49,50)/t18-,19-,20-,26-,27-,28+,32-/m1/s1/i6D/t6?,18-,19-,20-,26-,27-,28+,32-. The number of aliphatic hydroxyl groups excluding tert-OH is 2. The van der Waals surface area contributed by atoms with Crippen molar-refractivity contribution in [3.63, 3.8) is 0 Å². The van der Waals surface area contributed by atoms with Crippen molar-refractivity contribution in [2.24, 2.45) is 5.41 Å². The molecule has 0 aliphatic carbocycles. The molecule has 0 saturated carbocycles. The van der Waals surface area contributed by atoms with Crippen LogP contribution in [0.4, 0.5) is 5.82 Å². The molecule has 28 nitrogen and oxygen atoms in total. The average molecular weight is 1010 g/mol. The van der Waals surface area contributed by atoms with Gasteiger partial charge in [-0.15, -0.1) is 0 Å². The van der Waals surface area contributed by atoms with E-state index in [1.165, 1.54) is 34.6 Å². The van der Waals surface area contributed by atoms with Crippen molar-refractivity contribution in [1.29, 1.82) is 0 Å². The molecule has 2 aromatic rings. The number of phosphoric ester groups is 3. The third-order valence-corrected chi connectivity index (χ3v) is 12.7. The monoisotopic (exact) mass is 1010 g/mol. The molecule has 65 heavy (non-hydrogen) atoms. The summed E-state index contributed by atoms with van der Waals surface area (Å²) in [5, 5.41) is 26.0. The number of phosphoric acid groups is 3. The largest absolute Gasteiger partial charge is 0.481 e. The summed E-state index contributed by atoms with van der Waals surface area (Å²) < 4.78 is 79.8. The van der Waals surface area contributed by atoms with Gasteiger partial charge in [0.2, 0.25) is 11.8 Å². The maximum Gasteiger partial charge on any atom is 0.481 e. The minimum atomic E-state index is -5.61. The summed E-state index contributed by atoms with van der Waals surface area (Å²) in [6, 6.07) is 0. The number of amides is 2. The predicted molar refractivity (Wildman–Crippen MR) is 222 cm³/mol. The highest BCUT2D eigenvalue weighted by atomic mass is 32.2. The van der Waals surface area contributed by atoms with Crippen LogP contribution in [0.2, 0.25) is 0 Å². The second-order valence-electron chi connectivity index (χ2n) is 14.9. The van der Waals surface area contributed by atoms with Crippen molar-refractivity contribution >= 4 is 81.1 Å². The molecule has 0 spiro atoms. The lowest BCUT2D eigenvalue weighted by Crippen LogP contribution is -2.46. The molecular weight excluding hydrogens is 955 g/mol. The van der Waals surface area contributed by atoms with Crippen molar-refractivity contribution in [3.8, 4) is 0 Å². The smallest absolute Gasteiger partial charge is 0.462 e. The minimum Gasteiger partial charge on any atom is -0.462 e. The van der Waals surface area contributed by atoms with E-state index in [1.54, 1.807) is 0 Å². The number of esters is 2. The van der Waals surface area contributed by atoms with Crippen molar-refractivity contribution in [2.75, 3.05) is 37.8 Å². The molecular formula is C33H54N7O21P3S. The van der Waals surface area contributed by atoms with Gasteiger partial charge in [-0.25, -0.2) is 28.6 Å². The van der Waals surface area contributed by atoms with Crippen LogP contribution in [-0.4, -0.2) is 147 Å². The van der Waals surface area contributed by atoms with Crippen molar-refractivity contribution in [3.05, 3.63) is 12.7 Å². The van der Waals surface area contributed by atoms with Gasteiger partial charge in [-0.2, -0.15) is 4.31 Å². The number of nitrogens with zero attached hydrogens (tertiary/aromatic N) is 4. The van der Waals surface area contributed by atoms with Gasteiger partial charge in [0.1, 0.15) is 48.5 Å². The summed E-state index contributed by atoms with van der Waals surface area (Å²) in [6.07, 6.45) is -9.87. The topological polar surface area (TPSA) is 416 Å². The Kier molecular flexibility index (Phi) is 20.4. The van der Waals surface area contributed by atoms with E-state index in [-0.39, 0.29) is 66.6 Å². The summed E-state index contributed by atoms with van der Waals surface area (Å²) in [7, 11) is -16.5. The summed E-state index contributed by atoms with van der Waals surface area (Å²) in [5.41, 5.74) is 4.18. The summed E-state index contributed by atoms with van der Waals surface area (Å²) in [6.45, 7) is 4.66. The van der Waals surface area contributed by atoms with E-state index in [0.717, 1.165) is 29.0 Å². The highest BCUT2D eigenvalue weighted by Crippen LogP contribution is 2.61. The highest BCUT2D eigenvalue weighted by molar-refractivity contribution is 8.13. The fraction of sp³-hybridized carbons (Fsp3) is 0.697. The number of hydrogen-bond donors (Lipinski definition) is 9. The Labute approximate surface area is 376 Å². The molecule has 32 heteroatoms. The SMILES string of the molecule is [2H]C(C)CC(=O)O[C@H](C)CC(=O)O[C@H](C)CC(=O)SCCNC(=O)CCNC(=O)[C@H](O)C(C)(C)COP(=O)(O)OP(=O)(O)OC[C@H]1O[C@@H](n2cnc3c(N)ncnc32)[C@H](O)[C@@H]1OP(=O)(O)O. The number of thioether (sulfide) groups is 1. The van der Waals surface area contributed by atoms with Crippen LogP contribution in [0.25, 0.3) is 11.2 Å². The van der Waals surface area contributed by atoms with Crippen LogP contribution in [0, 0.1) is 5.41 Å². The Morgan fingerprint density at radius 3 is 2.28 bits per heavy atom. The number of ether oxygens (including phenoxy) is 3. The Morgan fingerprint density at radius 2 is 1.62 bits per heavy atom. The molecule has 10 N–H and O–H groups in total. The number of nitrogens with two attached hydrogens (primary N) is 1. The minimum absolute atomic E-state index is 0.0138. The normalized spacial score (nSPS) is 21.8. The fourth-order valence-electron chi connectivity index (χ4n) is 5.62. The van der Waals surface area contributed by atoms with Gasteiger partial charge in [0, 0.05) is 38.5 Å². The second-order valence-corrected chi connectivity index (χ2v) is 20.3. The number of nitrogen functional groups attached to an aromatic ring is 1. The molecule has 1 saturated heterocycles. The molecule has 2 amide bonds. The molecule has 10 atom stereocenters. The summed E-state index contributed by atoms with van der Waals surface area (Å²) >= 11 is 0.875. The van der Waals surface area contributed by atoms with Crippen LogP contribution in [0.1, 0.15) is 74.3 Å². The maximum absolute atomic E-state index is 12.7. The Balaban J connectivity index is 1.38. The number of nitrogens with one attached hydrogen (secondary N) is 2. The lowest BCUT2D eigenvalue weighted by molar-refractivity contribution is -0.156. The number of aliphatic hydroxyl groups is 2. The number of imidazole rings is 1. The van der Waals surface area contributed by atoms with E-state index in [9.17, 15) is 67.5 Å². The first-order valence-electron chi connectivity index (χ1n) is 19.9. The van der Waals surface area contributed by atoms with Gasteiger partial charge in [-0.1, -0.05) is 32.5 Å². The zero-order valence-electron chi connectivity index (χ0n) is 36.6. The number of carbonyl (C=O) groups is 5. The van der Waals surface area contributed by atoms with Crippen LogP contribution < -0.4 is 16.4 Å². The average Bonchev–Trinajstić information content (AvgIpc) is 3.73. The molecule has 1 aliphatic rings. The van der Waals surface area contributed by atoms with E-state index < -0.39 is 115 Å². The first-order valence-corrected chi connectivity index (χ1v) is 24.9. The zero-order chi connectivity index (χ0) is 49.8. The van der Waals surface area contributed by atoms with E-state index in [4.69, 9.17) is 30.4 Å². The van der Waals surface area contributed by atoms with E-state index >= 15 is 0 Å². The highest BCUT2D eigenvalue weighted by Gasteiger charge is 2.50. The van der Waals surface area contributed by atoms with Crippen molar-refractivity contribution in [2.45, 2.75) is 110 Å². The molecule has 3 unspecified atom stereocenters. The predicted octanol–water partition coefficient (Wildman–Crippen LogP) is 0.108. The van der Waals surface area contributed by atoms with E-state index in [1.807, 2.05) is 0 Å².